The van der Waals surface area contributed by atoms with E-state index in [1.54, 1.807) is 12.5 Å². The molecule has 5 heteroatoms. The lowest BCUT2D eigenvalue weighted by molar-refractivity contribution is 0.475. The maximum absolute atomic E-state index is 12.1. The van der Waals surface area contributed by atoms with Crippen molar-refractivity contribution in [1.29, 1.82) is 0 Å². The van der Waals surface area contributed by atoms with E-state index in [1.165, 1.54) is 0 Å². The second-order valence-corrected chi connectivity index (χ2v) is 5.25. The monoisotopic (exact) mass is 282 g/mol. The Labute approximate surface area is 122 Å². The second-order valence-electron chi connectivity index (χ2n) is 5.25. The highest BCUT2D eigenvalue weighted by atomic mass is 16.1. The molecule has 0 aliphatic heterocycles. The van der Waals surface area contributed by atoms with E-state index >= 15 is 0 Å². The van der Waals surface area contributed by atoms with Crippen molar-refractivity contribution in [3.8, 4) is 0 Å². The van der Waals surface area contributed by atoms with Gasteiger partial charge in [-0.25, -0.2) is 4.98 Å². The summed E-state index contributed by atoms with van der Waals surface area (Å²) in [6.07, 6.45) is 5.49. The summed E-state index contributed by atoms with van der Waals surface area (Å²) in [5, 5.41) is 4.43. The van der Waals surface area contributed by atoms with E-state index in [2.05, 4.69) is 22.2 Å². The van der Waals surface area contributed by atoms with Gasteiger partial charge in [-0.05, 0) is 24.4 Å². The average molecular weight is 282 g/mol. The standard InChI is InChI=1S/C16H18N4O/c1-12(10-20-7-6-17-11-20)18-9-14-8-13-4-2-3-5-15(13)19-16(14)21/h2-8,11-12,18H,9-10H2,1H3,(H,19,21). The lowest BCUT2D eigenvalue weighted by Crippen LogP contribution is -2.31. The van der Waals surface area contributed by atoms with Gasteiger partial charge in [0.15, 0.2) is 0 Å². The predicted molar refractivity (Wildman–Crippen MR) is 83.1 cm³/mol. The average Bonchev–Trinajstić information content (AvgIpc) is 2.98. The highest BCUT2D eigenvalue weighted by molar-refractivity contribution is 5.78. The van der Waals surface area contributed by atoms with Crippen molar-refractivity contribution in [3.05, 3.63) is 65.0 Å². The van der Waals surface area contributed by atoms with Crippen LogP contribution in [0, 0.1) is 0 Å². The third kappa shape index (κ3) is 3.20. The largest absolute Gasteiger partial charge is 0.336 e. The van der Waals surface area contributed by atoms with Crippen LogP contribution in [0.3, 0.4) is 0 Å². The molecular weight excluding hydrogens is 264 g/mol. The smallest absolute Gasteiger partial charge is 0.252 e. The summed E-state index contributed by atoms with van der Waals surface area (Å²) in [6, 6.07) is 10.0. The van der Waals surface area contributed by atoms with Gasteiger partial charge < -0.3 is 14.9 Å². The van der Waals surface area contributed by atoms with Crippen LogP contribution >= 0.6 is 0 Å². The molecule has 3 aromatic rings. The van der Waals surface area contributed by atoms with E-state index in [9.17, 15) is 4.79 Å². The van der Waals surface area contributed by atoms with E-state index in [0.717, 1.165) is 23.0 Å². The van der Waals surface area contributed by atoms with Crippen molar-refractivity contribution in [2.24, 2.45) is 0 Å². The number of imidazole rings is 1. The number of aromatic amines is 1. The van der Waals surface area contributed by atoms with Crippen molar-refractivity contribution >= 4 is 10.9 Å². The maximum Gasteiger partial charge on any atom is 0.252 e. The zero-order chi connectivity index (χ0) is 14.7. The van der Waals surface area contributed by atoms with Crippen molar-refractivity contribution in [3.63, 3.8) is 0 Å². The van der Waals surface area contributed by atoms with Gasteiger partial charge in [-0.15, -0.1) is 0 Å². The van der Waals surface area contributed by atoms with Gasteiger partial charge in [0.25, 0.3) is 5.56 Å². The van der Waals surface area contributed by atoms with Crippen LogP contribution in [0.5, 0.6) is 0 Å². The summed E-state index contributed by atoms with van der Waals surface area (Å²) in [5.74, 6) is 0. The fraction of sp³-hybridized carbons (Fsp3) is 0.250. The Bertz CT molecular complexity index is 776. The number of para-hydroxylation sites is 1. The SMILES string of the molecule is CC(Cn1ccnc1)NCc1cc2ccccc2[nH]c1=O. The Hall–Kier alpha value is -2.40. The number of benzene rings is 1. The zero-order valence-corrected chi connectivity index (χ0v) is 11.9. The first-order chi connectivity index (χ1) is 10.2. The van der Waals surface area contributed by atoms with Gasteiger partial charge in [-0.2, -0.15) is 0 Å². The molecular formula is C16H18N4O. The van der Waals surface area contributed by atoms with Crippen LogP contribution in [0.25, 0.3) is 10.9 Å². The number of pyridine rings is 1. The Kier molecular flexibility index (Phi) is 3.83. The normalized spacial score (nSPS) is 12.6. The fourth-order valence-corrected chi connectivity index (χ4v) is 2.38. The second kappa shape index (κ2) is 5.93. The predicted octanol–water partition coefficient (Wildman–Crippen LogP) is 1.90. The number of hydrogen-bond donors (Lipinski definition) is 2. The minimum atomic E-state index is -0.0315. The van der Waals surface area contributed by atoms with Crippen molar-refractivity contribution in [2.45, 2.75) is 26.1 Å². The molecule has 0 saturated carbocycles. The Morgan fingerprint density at radius 2 is 2.24 bits per heavy atom. The van der Waals surface area contributed by atoms with Gasteiger partial charge in [0, 0.05) is 42.6 Å². The van der Waals surface area contributed by atoms with E-state index < -0.39 is 0 Å². The molecule has 3 rings (SSSR count). The molecule has 0 spiro atoms. The number of H-pyrrole nitrogens is 1. The summed E-state index contributed by atoms with van der Waals surface area (Å²) in [5.41, 5.74) is 1.60. The minimum Gasteiger partial charge on any atom is -0.336 e. The van der Waals surface area contributed by atoms with Crippen molar-refractivity contribution in [1.82, 2.24) is 19.9 Å². The third-order valence-corrected chi connectivity index (χ3v) is 3.52. The molecule has 1 aromatic carbocycles. The van der Waals surface area contributed by atoms with Gasteiger partial charge >= 0.3 is 0 Å². The quantitative estimate of drug-likeness (QED) is 0.751. The lowest BCUT2D eigenvalue weighted by Gasteiger charge is -2.14. The molecule has 21 heavy (non-hydrogen) atoms. The Morgan fingerprint density at radius 1 is 1.38 bits per heavy atom. The van der Waals surface area contributed by atoms with Crippen LogP contribution < -0.4 is 10.9 Å². The number of fused-ring (bicyclic) bond motifs is 1. The number of rotatable bonds is 5. The minimum absolute atomic E-state index is 0.0315. The Morgan fingerprint density at radius 3 is 3.05 bits per heavy atom. The van der Waals surface area contributed by atoms with E-state index in [4.69, 9.17) is 0 Å². The van der Waals surface area contributed by atoms with Gasteiger partial charge in [0.1, 0.15) is 0 Å². The molecule has 0 aliphatic carbocycles. The van der Waals surface area contributed by atoms with Crippen LogP contribution in [0.1, 0.15) is 12.5 Å². The summed E-state index contributed by atoms with van der Waals surface area (Å²) in [4.78, 5) is 19.0. The highest BCUT2D eigenvalue weighted by Crippen LogP contribution is 2.10. The molecule has 0 aliphatic rings. The number of hydrogen-bond acceptors (Lipinski definition) is 3. The maximum atomic E-state index is 12.1. The van der Waals surface area contributed by atoms with Gasteiger partial charge in [-0.1, -0.05) is 18.2 Å². The topological polar surface area (TPSA) is 62.7 Å². The Balaban J connectivity index is 1.70. The van der Waals surface area contributed by atoms with Gasteiger partial charge in [0.05, 0.1) is 6.33 Å². The number of nitrogens with one attached hydrogen (secondary N) is 2. The molecule has 1 unspecified atom stereocenters. The first-order valence-corrected chi connectivity index (χ1v) is 7.02. The first-order valence-electron chi connectivity index (χ1n) is 7.02. The third-order valence-electron chi connectivity index (χ3n) is 3.52. The van der Waals surface area contributed by atoms with Crippen LogP contribution in [-0.4, -0.2) is 20.6 Å². The van der Waals surface area contributed by atoms with Gasteiger partial charge in [-0.3, -0.25) is 4.79 Å². The molecule has 2 heterocycles. The molecule has 5 nitrogen and oxygen atoms in total. The van der Waals surface area contributed by atoms with Crippen LogP contribution in [0.15, 0.2) is 53.8 Å². The molecule has 0 radical (unpaired) electrons. The number of aromatic nitrogens is 3. The molecule has 2 N–H and O–H groups in total. The molecule has 2 aromatic heterocycles. The van der Waals surface area contributed by atoms with E-state index in [1.807, 2.05) is 41.1 Å². The highest BCUT2D eigenvalue weighted by Gasteiger charge is 2.06. The molecule has 0 fully saturated rings. The van der Waals surface area contributed by atoms with Crippen LogP contribution in [-0.2, 0) is 13.1 Å². The van der Waals surface area contributed by atoms with Crippen LogP contribution in [0.4, 0.5) is 0 Å². The van der Waals surface area contributed by atoms with E-state index in [-0.39, 0.29) is 11.6 Å². The fourth-order valence-electron chi connectivity index (χ4n) is 2.38. The lowest BCUT2D eigenvalue weighted by atomic mass is 10.1. The summed E-state index contributed by atoms with van der Waals surface area (Å²) in [7, 11) is 0. The van der Waals surface area contributed by atoms with Crippen molar-refractivity contribution < 1.29 is 0 Å². The summed E-state index contributed by atoms with van der Waals surface area (Å²) >= 11 is 0. The molecule has 0 amide bonds. The molecule has 108 valence electrons. The zero-order valence-electron chi connectivity index (χ0n) is 11.9. The first kappa shape index (κ1) is 13.6. The number of nitrogens with zero attached hydrogens (tertiary/aromatic N) is 2. The molecule has 0 saturated heterocycles. The van der Waals surface area contributed by atoms with Crippen LogP contribution in [0.2, 0.25) is 0 Å². The van der Waals surface area contributed by atoms with Gasteiger partial charge in [0.2, 0.25) is 0 Å². The summed E-state index contributed by atoms with van der Waals surface area (Å²) in [6.45, 7) is 3.47. The van der Waals surface area contributed by atoms with Crippen molar-refractivity contribution in [2.75, 3.05) is 0 Å². The molecule has 1 atom stereocenters. The van der Waals surface area contributed by atoms with E-state index in [0.29, 0.717) is 6.54 Å². The molecule has 0 bridgehead atoms. The summed E-state index contributed by atoms with van der Waals surface area (Å²) < 4.78 is 2.02.